The van der Waals surface area contributed by atoms with E-state index in [1.165, 1.54) is 5.56 Å². The van der Waals surface area contributed by atoms with E-state index in [2.05, 4.69) is 27.0 Å². The number of likely N-dealkylation sites (tertiary alicyclic amines) is 1. The van der Waals surface area contributed by atoms with E-state index in [1.54, 1.807) is 31.3 Å². The van der Waals surface area contributed by atoms with Gasteiger partial charge in [-0.3, -0.25) is 9.78 Å². The van der Waals surface area contributed by atoms with Crippen LogP contribution < -0.4 is 4.74 Å². The first kappa shape index (κ1) is 24.5. The van der Waals surface area contributed by atoms with Crippen molar-refractivity contribution in [1.82, 2.24) is 14.9 Å². The molecule has 0 bridgehead atoms. The van der Waals surface area contributed by atoms with E-state index in [4.69, 9.17) is 9.15 Å². The fourth-order valence-corrected chi connectivity index (χ4v) is 5.78. The van der Waals surface area contributed by atoms with Gasteiger partial charge < -0.3 is 19.2 Å². The second kappa shape index (κ2) is 12.2. The number of carboxylic acid groups (broad SMARTS) is 1. The Morgan fingerprint density at radius 2 is 2.15 bits per heavy atom. The number of pyridine rings is 1. The highest BCUT2D eigenvalue weighted by Crippen LogP contribution is 2.32. The predicted octanol–water partition coefficient (Wildman–Crippen LogP) is 5.15. The Kier molecular flexibility index (Phi) is 8.82. The summed E-state index contributed by atoms with van der Waals surface area (Å²) in [5.74, 6) is 2.06. The highest BCUT2D eigenvalue weighted by Gasteiger charge is 2.29. The normalized spacial score (nSPS) is 18.9. The van der Waals surface area contributed by atoms with Crippen LogP contribution in [0, 0.1) is 11.8 Å². The van der Waals surface area contributed by atoms with Crippen molar-refractivity contribution in [3.8, 4) is 5.75 Å². The van der Waals surface area contributed by atoms with Crippen LogP contribution in [0.5, 0.6) is 5.75 Å². The summed E-state index contributed by atoms with van der Waals surface area (Å²) in [7, 11) is 1.69. The second-order valence-corrected chi connectivity index (χ2v) is 9.98. The van der Waals surface area contributed by atoms with Crippen molar-refractivity contribution >= 4 is 28.6 Å². The molecule has 4 rings (SSSR count). The molecule has 1 aliphatic heterocycles. The van der Waals surface area contributed by atoms with Crippen molar-refractivity contribution in [2.75, 3.05) is 32.5 Å². The van der Waals surface area contributed by atoms with E-state index in [0.717, 1.165) is 74.1 Å². The van der Waals surface area contributed by atoms with Gasteiger partial charge in [0.25, 0.3) is 5.22 Å². The monoisotopic (exact) mass is 483 g/mol. The van der Waals surface area contributed by atoms with Crippen molar-refractivity contribution in [2.45, 2.75) is 43.7 Å². The number of aromatic nitrogens is 2. The van der Waals surface area contributed by atoms with E-state index in [-0.39, 0.29) is 6.42 Å². The van der Waals surface area contributed by atoms with Crippen LogP contribution in [0.2, 0.25) is 0 Å². The number of rotatable bonds is 12. The number of benzene rings is 1. The number of hydrogen-bond donors (Lipinski definition) is 1. The molecule has 3 aromatic rings. The van der Waals surface area contributed by atoms with Crippen molar-refractivity contribution in [3.63, 3.8) is 0 Å². The van der Waals surface area contributed by atoms with Gasteiger partial charge in [-0.05, 0) is 80.3 Å². The number of carboxylic acids is 1. The first-order chi connectivity index (χ1) is 16.6. The molecule has 2 atom stereocenters. The van der Waals surface area contributed by atoms with Crippen LogP contribution in [0.25, 0.3) is 10.9 Å². The van der Waals surface area contributed by atoms with Gasteiger partial charge in [0.05, 0.1) is 18.8 Å². The second-order valence-electron chi connectivity index (χ2n) is 8.93. The van der Waals surface area contributed by atoms with Crippen molar-refractivity contribution in [1.29, 1.82) is 0 Å². The van der Waals surface area contributed by atoms with Crippen molar-refractivity contribution in [2.24, 2.45) is 11.8 Å². The summed E-state index contributed by atoms with van der Waals surface area (Å²) in [4.78, 5) is 22.4. The Morgan fingerprint density at radius 1 is 1.24 bits per heavy atom. The smallest absolute Gasteiger partial charge is 0.303 e. The standard InChI is InChI=1S/C26H33N3O4S/c1-32-22-6-7-24-23(17-22)20(9-11-27-24)4-2-3-19-10-13-29(18-21(19)5-8-25(30)31)14-16-34-26-28-12-15-33-26/h6-7,9,11-12,15,17,19,21H,2-5,8,10,13-14,16,18H2,1H3,(H,30,31)/t19-,21+/m1/s1. The Hall–Kier alpha value is -2.58. The Balaban J connectivity index is 1.32. The van der Waals surface area contributed by atoms with Gasteiger partial charge in [0.2, 0.25) is 0 Å². The van der Waals surface area contributed by atoms with Crippen LogP contribution in [0.1, 0.15) is 37.7 Å². The molecule has 7 nitrogen and oxygen atoms in total. The average Bonchev–Trinajstić information content (AvgIpc) is 3.37. The minimum Gasteiger partial charge on any atom is -0.497 e. The third-order valence-corrected chi connectivity index (χ3v) is 7.64. The molecule has 34 heavy (non-hydrogen) atoms. The first-order valence-electron chi connectivity index (χ1n) is 12.0. The maximum absolute atomic E-state index is 11.3. The molecule has 1 N–H and O–H groups in total. The highest BCUT2D eigenvalue weighted by molar-refractivity contribution is 7.99. The molecular formula is C26H33N3O4S. The van der Waals surface area contributed by atoms with Crippen LogP contribution in [0.15, 0.2) is 52.6 Å². The molecule has 0 aliphatic carbocycles. The number of nitrogens with zero attached hydrogens (tertiary/aromatic N) is 3. The molecule has 8 heteroatoms. The van der Waals surface area contributed by atoms with Gasteiger partial charge >= 0.3 is 5.97 Å². The summed E-state index contributed by atoms with van der Waals surface area (Å²) in [5, 5.41) is 11.1. The van der Waals surface area contributed by atoms with E-state index in [1.807, 2.05) is 18.3 Å². The number of aryl methyl sites for hydroxylation is 1. The van der Waals surface area contributed by atoms with E-state index >= 15 is 0 Å². The largest absolute Gasteiger partial charge is 0.497 e. The maximum Gasteiger partial charge on any atom is 0.303 e. The fraction of sp³-hybridized carbons (Fsp3) is 0.500. The number of fused-ring (bicyclic) bond motifs is 1. The number of hydrogen-bond acceptors (Lipinski definition) is 7. The van der Waals surface area contributed by atoms with Crippen LogP contribution in [-0.2, 0) is 11.2 Å². The molecule has 0 unspecified atom stereocenters. The summed E-state index contributed by atoms with van der Waals surface area (Å²) in [6.07, 6.45) is 10.5. The maximum atomic E-state index is 11.3. The zero-order valence-corrected chi connectivity index (χ0v) is 20.5. The molecule has 1 fully saturated rings. The Labute approximate surface area is 204 Å². The molecule has 2 aromatic heterocycles. The van der Waals surface area contributed by atoms with Crippen molar-refractivity contribution in [3.05, 3.63) is 48.5 Å². The van der Waals surface area contributed by atoms with Crippen LogP contribution >= 0.6 is 11.8 Å². The molecule has 3 heterocycles. The molecular weight excluding hydrogens is 450 g/mol. The first-order valence-corrected chi connectivity index (χ1v) is 13.0. The zero-order valence-electron chi connectivity index (χ0n) is 19.7. The molecule has 1 aliphatic rings. The molecule has 182 valence electrons. The van der Waals surface area contributed by atoms with E-state index in [9.17, 15) is 9.90 Å². The van der Waals surface area contributed by atoms with Gasteiger partial charge in [-0.2, -0.15) is 0 Å². The van der Waals surface area contributed by atoms with Crippen molar-refractivity contribution < 1.29 is 19.1 Å². The molecule has 1 aromatic carbocycles. The number of oxazole rings is 1. The van der Waals surface area contributed by atoms with Crippen LogP contribution in [0.4, 0.5) is 0 Å². The predicted molar refractivity (Wildman–Crippen MR) is 133 cm³/mol. The minimum atomic E-state index is -0.701. The third-order valence-electron chi connectivity index (χ3n) is 6.81. The Morgan fingerprint density at radius 3 is 2.94 bits per heavy atom. The van der Waals surface area contributed by atoms with Gasteiger partial charge in [0.1, 0.15) is 12.0 Å². The summed E-state index contributed by atoms with van der Waals surface area (Å²) in [6, 6.07) is 8.14. The Bertz CT molecular complexity index is 1060. The topological polar surface area (TPSA) is 88.7 Å². The summed E-state index contributed by atoms with van der Waals surface area (Å²) < 4.78 is 10.7. The summed E-state index contributed by atoms with van der Waals surface area (Å²) in [5.41, 5.74) is 2.29. The minimum absolute atomic E-state index is 0.245. The lowest BCUT2D eigenvalue weighted by Gasteiger charge is -2.38. The molecule has 0 radical (unpaired) electrons. The third kappa shape index (κ3) is 6.73. The lowest BCUT2D eigenvalue weighted by atomic mass is 9.79. The van der Waals surface area contributed by atoms with Gasteiger partial charge in [0.15, 0.2) is 0 Å². The number of piperidine rings is 1. The lowest BCUT2D eigenvalue weighted by molar-refractivity contribution is -0.137. The molecule has 0 amide bonds. The number of methoxy groups -OCH3 is 1. The van der Waals surface area contributed by atoms with E-state index in [0.29, 0.717) is 17.1 Å². The van der Waals surface area contributed by atoms with Crippen LogP contribution in [-0.4, -0.2) is 58.4 Å². The number of aliphatic carboxylic acids is 1. The highest BCUT2D eigenvalue weighted by atomic mass is 32.2. The summed E-state index contributed by atoms with van der Waals surface area (Å²) >= 11 is 1.63. The summed E-state index contributed by atoms with van der Waals surface area (Å²) in [6.45, 7) is 3.00. The van der Waals surface area contributed by atoms with Gasteiger partial charge in [-0.1, -0.05) is 11.8 Å². The lowest BCUT2D eigenvalue weighted by Crippen LogP contribution is -2.41. The fourth-order valence-electron chi connectivity index (χ4n) is 5.00. The SMILES string of the molecule is COc1ccc2nccc(CCC[C@@H]3CCN(CCSc4ncco4)C[C@@H]3CCC(=O)O)c2c1. The quantitative estimate of drug-likeness (QED) is 0.354. The number of carbonyl (C=O) groups is 1. The number of thioether (sulfide) groups is 1. The van der Waals surface area contributed by atoms with E-state index < -0.39 is 5.97 Å². The average molecular weight is 484 g/mol. The molecule has 1 saturated heterocycles. The van der Waals surface area contributed by atoms with Gasteiger partial charge in [0, 0.05) is 36.8 Å². The van der Waals surface area contributed by atoms with Crippen LogP contribution in [0.3, 0.4) is 0 Å². The van der Waals surface area contributed by atoms with Gasteiger partial charge in [-0.25, -0.2) is 4.98 Å². The zero-order chi connectivity index (χ0) is 23.8. The molecule has 0 saturated carbocycles. The number of ether oxygens (including phenoxy) is 1. The van der Waals surface area contributed by atoms with Gasteiger partial charge in [-0.15, -0.1) is 0 Å². The molecule has 0 spiro atoms.